The minimum atomic E-state index is -0.974. The van der Waals surface area contributed by atoms with Gasteiger partial charge in [-0.25, -0.2) is 14.8 Å². The predicted octanol–water partition coefficient (Wildman–Crippen LogP) is 4.37. The van der Waals surface area contributed by atoms with E-state index >= 15 is 0 Å². The molecule has 27 heavy (non-hydrogen) atoms. The van der Waals surface area contributed by atoms with Gasteiger partial charge < -0.3 is 21.5 Å². The van der Waals surface area contributed by atoms with Crippen LogP contribution in [0.2, 0.25) is 0 Å². The highest BCUT2D eigenvalue weighted by Gasteiger charge is 2.10. The second kappa shape index (κ2) is 7.74. The van der Waals surface area contributed by atoms with Crippen molar-refractivity contribution in [2.75, 3.05) is 16.4 Å². The van der Waals surface area contributed by atoms with Crippen molar-refractivity contribution in [3.05, 3.63) is 66.0 Å². The van der Waals surface area contributed by atoms with Crippen LogP contribution in [0.15, 0.2) is 54.9 Å². The molecule has 0 fully saturated rings. The summed E-state index contributed by atoms with van der Waals surface area (Å²) in [7, 11) is 0. The fourth-order valence-electron chi connectivity index (χ4n) is 2.52. The summed E-state index contributed by atoms with van der Waals surface area (Å²) < 4.78 is 0. The van der Waals surface area contributed by atoms with Crippen LogP contribution in [0.3, 0.4) is 0 Å². The molecule has 7 heteroatoms. The average molecular weight is 363 g/mol. The van der Waals surface area contributed by atoms with Gasteiger partial charge in [-0.1, -0.05) is 26.0 Å². The van der Waals surface area contributed by atoms with Crippen molar-refractivity contribution in [3.63, 3.8) is 0 Å². The van der Waals surface area contributed by atoms with E-state index in [-0.39, 0.29) is 5.56 Å². The molecule has 3 aromatic rings. The van der Waals surface area contributed by atoms with Crippen LogP contribution >= 0.6 is 0 Å². The number of hydrogen-bond donors (Lipinski definition) is 4. The topological polar surface area (TPSA) is 113 Å². The number of benzene rings is 2. The zero-order valence-electron chi connectivity index (χ0n) is 15.1. The molecule has 7 nitrogen and oxygen atoms in total. The van der Waals surface area contributed by atoms with Crippen LogP contribution in [0.5, 0.6) is 0 Å². The van der Waals surface area contributed by atoms with E-state index in [4.69, 9.17) is 10.8 Å². The van der Waals surface area contributed by atoms with Gasteiger partial charge in [0.15, 0.2) is 11.6 Å². The van der Waals surface area contributed by atoms with Crippen molar-refractivity contribution in [1.29, 1.82) is 0 Å². The molecular formula is C20H21N5O2. The maximum atomic E-state index is 10.9. The standard InChI is InChI=1S/C20H21N5O2/c1-12(2)13-3-7-15(8-4-13)24-18-17(21)19(23-11-22-18)25-16-9-5-14(6-10-16)20(26)27/h3-12H,21H2,1-2H3,(H,26,27)(H2,22,23,24,25). The zero-order chi connectivity index (χ0) is 19.4. The molecule has 0 saturated heterocycles. The maximum absolute atomic E-state index is 10.9. The summed E-state index contributed by atoms with van der Waals surface area (Å²) >= 11 is 0. The highest BCUT2D eigenvalue weighted by atomic mass is 16.4. The van der Waals surface area contributed by atoms with Crippen LogP contribution in [0.1, 0.15) is 35.7 Å². The van der Waals surface area contributed by atoms with Crippen LogP contribution in [-0.4, -0.2) is 21.0 Å². The number of anilines is 5. The van der Waals surface area contributed by atoms with E-state index in [1.165, 1.54) is 24.0 Å². The third-order valence-corrected chi connectivity index (χ3v) is 4.12. The molecule has 0 unspecified atom stereocenters. The maximum Gasteiger partial charge on any atom is 0.335 e. The first kappa shape index (κ1) is 18.2. The van der Waals surface area contributed by atoms with Gasteiger partial charge in [-0.15, -0.1) is 0 Å². The lowest BCUT2D eigenvalue weighted by molar-refractivity contribution is 0.0697. The molecule has 0 aliphatic heterocycles. The molecule has 0 spiro atoms. The van der Waals surface area contributed by atoms with Gasteiger partial charge in [0, 0.05) is 11.4 Å². The molecule has 0 aliphatic carbocycles. The van der Waals surface area contributed by atoms with Crippen LogP contribution in [0.25, 0.3) is 0 Å². The molecule has 1 heterocycles. The van der Waals surface area contributed by atoms with E-state index in [9.17, 15) is 4.79 Å². The molecule has 1 aromatic heterocycles. The molecule has 3 rings (SSSR count). The van der Waals surface area contributed by atoms with Crippen LogP contribution < -0.4 is 16.4 Å². The van der Waals surface area contributed by atoms with Crippen molar-refractivity contribution in [3.8, 4) is 0 Å². The Labute approximate surface area is 157 Å². The highest BCUT2D eigenvalue weighted by molar-refractivity contribution is 5.88. The molecule has 0 saturated carbocycles. The molecule has 2 aromatic carbocycles. The van der Waals surface area contributed by atoms with Crippen molar-refractivity contribution >= 4 is 34.7 Å². The average Bonchev–Trinajstić information content (AvgIpc) is 2.66. The van der Waals surface area contributed by atoms with E-state index in [2.05, 4.69) is 46.6 Å². The van der Waals surface area contributed by atoms with E-state index in [1.807, 2.05) is 12.1 Å². The Balaban J connectivity index is 1.78. The Morgan fingerprint density at radius 2 is 1.41 bits per heavy atom. The Bertz CT molecular complexity index is 938. The van der Waals surface area contributed by atoms with Gasteiger partial charge in [0.25, 0.3) is 0 Å². The fraction of sp³-hybridized carbons (Fsp3) is 0.150. The largest absolute Gasteiger partial charge is 0.478 e. The number of nitrogen functional groups attached to an aromatic ring is 1. The third-order valence-electron chi connectivity index (χ3n) is 4.12. The fourth-order valence-corrected chi connectivity index (χ4v) is 2.52. The first-order valence-corrected chi connectivity index (χ1v) is 8.52. The summed E-state index contributed by atoms with van der Waals surface area (Å²) in [6.45, 7) is 4.29. The number of carboxylic acids is 1. The number of carboxylic acid groups (broad SMARTS) is 1. The molecule has 0 bridgehead atoms. The minimum absolute atomic E-state index is 0.211. The lowest BCUT2D eigenvalue weighted by Crippen LogP contribution is -2.05. The number of nitrogens with one attached hydrogen (secondary N) is 2. The monoisotopic (exact) mass is 363 g/mol. The number of nitrogens with zero attached hydrogens (tertiary/aromatic N) is 2. The van der Waals surface area contributed by atoms with Gasteiger partial charge in [0.1, 0.15) is 12.0 Å². The van der Waals surface area contributed by atoms with Gasteiger partial charge in [-0.3, -0.25) is 0 Å². The molecule has 0 amide bonds. The molecule has 0 atom stereocenters. The first-order chi connectivity index (χ1) is 12.9. The van der Waals surface area contributed by atoms with E-state index in [1.54, 1.807) is 12.1 Å². The van der Waals surface area contributed by atoms with E-state index in [0.717, 1.165) is 5.69 Å². The Morgan fingerprint density at radius 3 is 1.85 bits per heavy atom. The van der Waals surface area contributed by atoms with Gasteiger partial charge in [0.05, 0.1) is 5.56 Å². The van der Waals surface area contributed by atoms with Crippen molar-refractivity contribution in [2.45, 2.75) is 19.8 Å². The quantitative estimate of drug-likeness (QED) is 0.514. The summed E-state index contributed by atoms with van der Waals surface area (Å²) in [5.41, 5.74) is 9.58. The lowest BCUT2D eigenvalue weighted by Gasteiger charge is -2.13. The summed E-state index contributed by atoms with van der Waals surface area (Å²) in [5.74, 6) is 0.422. The smallest absolute Gasteiger partial charge is 0.335 e. The number of nitrogens with two attached hydrogens (primary N) is 1. The van der Waals surface area contributed by atoms with Crippen LogP contribution in [0.4, 0.5) is 28.7 Å². The summed E-state index contributed by atoms with van der Waals surface area (Å²) in [5, 5.41) is 15.2. The highest BCUT2D eigenvalue weighted by Crippen LogP contribution is 2.28. The summed E-state index contributed by atoms with van der Waals surface area (Å²) in [4.78, 5) is 19.3. The van der Waals surface area contributed by atoms with Gasteiger partial charge in [0.2, 0.25) is 0 Å². The number of aromatic carboxylic acids is 1. The number of carbonyl (C=O) groups is 1. The number of rotatable bonds is 6. The van der Waals surface area contributed by atoms with Crippen molar-refractivity contribution < 1.29 is 9.90 Å². The zero-order valence-corrected chi connectivity index (χ0v) is 15.1. The van der Waals surface area contributed by atoms with Crippen LogP contribution in [-0.2, 0) is 0 Å². The molecule has 138 valence electrons. The molecule has 0 aliphatic rings. The van der Waals surface area contributed by atoms with Crippen molar-refractivity contribution in [1.82, 2.24) is 9.97 Å². The van der Waals surface area contributed by atoms with Gasteiger partial charge in [-0.05, 0) is 47.9 Å². The third kappa shape index (κ3) is 4.33. The van der Waals surface area contributed by atoms with Gasteiger partial charge in [-0.2, -0.15) is 0 Å². The summed E-state index contributed by atoms with van der Waals surface area (Å²) in [6, 6.07) is 14.4. The Morgan fingerprint density at radius 1 is 0.926 bits per heavy atom. The van der Waals surface area contributed by atoms with Crippen LogP contribution in [0, 0.1) is 0 Å². The second-order valence-corrected chi connectivity index (χ2v) is 6.39. The second-order valence-electron chi connectivity index (χ2n) is 6.39. The molecule has 5 N–H and O–H groups in total. The molecule has 0 radical (unpaired) electrons. The SMILES string of the molecule is CC(C)c1ccc(Nc2ncnc(Nc3ccc(C(=O)O)cc3)c2N)cc1. The number of hydrogen-bond acceptors (Lipinski definition) is 6. The first-order valence-electron chi connectivity index (χ1n) is 8.52. The van der Waals surface area contributed by atoms with Gasteiger partial charge >= 0.3 is 5.97 Å². The number of aromatic nitrogens is 2. The van der Waals surface area contributed by atoms with Crippen molar-refractivity contribution in [2.24, 2.45) is 0 Å². The lowest BCUT2D eigenvalue weighted by atomic mass is 10.0. The minimum Gasteiger partial charge on any atom is -0.478 e. The predicted molar refractivity (Wildman–Crippen MR) is 107 cm³/mol. The summed E-state index contributed by atoms with van der Waals surface area (Å²) in [6.07, 6.45) is 1.41. The molecular weight excluding hydrogens is 342 g/mol. The van der Waals surface area contributed by atoms with E-state index < -0.39 is 5.97 Å². The Hall–Kier alpha value is -3.61. The Kier molecular flexibility index (Phi) is 5.21. The van der Waals surface area contributed by atoms with E-state index in [0.29, 0.717) is 28.9 Å². The normalized spacial score (nSPS) is 10.6.